The van der Waals surface area contributed by atoms with Crippen molar-refractivity contribution in [2.24, 2.45) is 0 Å². The topological polar surface area (TPSA) is 58.6 Å². The Morgan fingerprint density at radius 2 is 1.90 bits per heavy atom. The molecule has 29 heavy (non-hydrogen) atoms. The summed E-state index contributed by atoms with van der Waals surface area (Å²) in [6.07, 6.45) is -4.50. The first-order valence-electron chi connectivity index (χ1n) is 8.50. The van der Waals surface area contributed by atoms with E-state index in [-0.39, 0.29) is 20.6 Å². The maximum absolute atomic E-state index is 13.4. The van der Waals surface area contributed by atoms with Gasteiger partial charge < -0.3 is 9.64 Å². The van der Waals surface area contributed by atoms with Gasteiger partial charge in [0, 0.05) is 24.2 Å². The third kappa shape index (κ3) is 5.28. The van der Waals surface area contributed by atoms with Crippen LogP contribution >= 0.6 is 23.2 Å². The molecule has 2 aromatic rings. The van der Waals surface area contributed by atoms with Crippen LogP contribution in [0.5, 0.6) is 5.75 Å². The molecule has 0 unspecified atom stereocenters. The summed E-state index contributed by atoms with van der Waals surface area (Å²) in [6, 6.07) is 6.72. The summed E-state index contributed by atoms with van der Waals surface area (Å²) in [6.45, 7) is 1.18. The molecule has 1 N–H and O–H groups in total. The Kier molecular flexibility index (Phi) is 6.24. The molecule has 11 heteroatoms. The number of likely N-dealkylation sites (tertiary alicyclic amines) is 1. The minimum absolute atomic E-state index is 0.0701. The summed E-state index contributed by atoms with van der Waals surface area (Å²) >= 11 is 11.8. The maximum Gasteiger partial charge on any atom is 0.419 e. The molecule has 1 saturated heterocycles. The fourth-order valence-corrected chi connectivity index (χ4v) is 4.79. The number of hydrogen-bond acceptors (Lipinski definition) is 4. The molecular weight excluding hydrogens is 452 g/mol. The van der Waals surface area contributed by atoms with Gasteiger partial charge in [-0.15, -0.1) is 0 Å². The highest BCUT2D eigenvalue weighted by molar-refractivity contribution is 7.92. The maximum atomic E-state index is 13.4. The van der Waals surface area contributed by atoms with Crippen molar-refractivity contribution in [3.8, 4) is 5.75 Å². The lowest BCUT2D eigenvalue weighted by molar-refractivity contribution is -0.139. The Morgan fingerprint density at radius 1 is 1.17 bits per heavy atom. The predicted molar refractivity (Wildman–Crippen MR) is 105 cm³/mol. The van der Waals surface area contributed by atoms with Crippen molar-refractivity contribution >= 4 is 38.9 Å². The second kappa shape index (κ2) is 8.22. The lowest BCUT2D eigenvalue weighted by atomic mass is 10.1. The van der Waals surface area contributed by atoms with Crippen LogP contribution in [0.15, 0.2) is 41.3 Å². The number of anilines is 1. The van der Waals surface area contributed by atoms with Gasteiger partial charge in [-0.25, -0.2) is 8.42 Å². The molecule has 1 fully saturated rings. The van der Waals surface area contributed by atoms with Gasteiger partial charge in [-0.3, -0.25) is 4.72 Å². The summed E-state index contributed by atoms with van der Waals surface area (Å²) in [7, 11) is -2.34. The van der Waals surface area contributed by atoms with Crippen LogP contribution in [-0.2, 0) is 16.2 Å². The van der Waals surface area contributed by atoms with Crippen molar-refractivity contribution < 1.29 is 26.3 Å². The summed E-state index contributed by atoms with van der Waals surface area (Å²) in [4.78, 5) is 1.65. The Hall–Kier alpha value is -1.68. The Labute approximate surface area is 176 Å². The molecular formula is C18H17Cl2F3N2O3S. The number of sulfonamides is 1. The zero-order valence-corrected chi connectivity index (χ0v) is 17.5. The third-order valence-electron chi connectivity index (χ3n) is 4.36. The summed E-state index contributed by atoms with van der Waals surface area (Å²) < 4.78 is 73.2. The summed E-state index contributed by atoms with van der Waals surface area (Å²) in [5.41, 5.74) is -1.06. The fraction of sp³-hybridized carbons (Fsp3) is 0.333. The highest BCUT2D eigenvalue weighted by atomic mass is 35.5. The normalized spacial score (nSPS) is 18.1. The van der Waals surface area contributed by atoms with Gasteiger partial charge >= 0.3 is 6.18 Å². The van der Waals surface area contributed by atoms with Crippen LogP contribution in [0.4, 0.5) is 18.9 Å². The van der Waals surface area contributed by atoms with Crippen LogP contribution < -0.4 is 9.46 Å². The number of rotatable bonds is 5. The molecule has 0 spiro atoms. The number of halogens is 5. The second-order valence-electron chi connectivity index (χ2n) is 6.68. The molecule has 1 heterocycles. The van der Waals surface area contributed by atoms with Gasteiger partial charge in [0.25, 0.3) is 10.0 Å². The van der Waals surface area contributed by atoms with E-state index in [1.165, 1.54) is 12.1 Å². The van der Waals surface area contributed by atoms with E-state index in [4.69, 9.17) is 27.9 Å². The van der Waals surface area contributed by atoms with E-state index in [0.29, 0.717) is 19.5 Å². The summed E-state index contributed by atoms with van der Waals surface area (Å²) in [5.74, 6) is -0.435. The van der Waals surface area contributed by atoms with Gasteiger partial charge in [-0.05, 0) is 43.8 Å². The van der Waals surface area contributed by atoms with Gasteiger partial charge in [-0.1, -0.05) is 23.2 Å². The quantitative estimate of drug-likeness (QED) is 0.677. The van der Waals surface area contributed by atoms with Crippen LogP contribution in [-0.4, -0.2) is 39.6 Å². The molecule has 1 aliphatic rings. The van der Waals surface area contributed by atoms with E-state index < -0.39 is 33.6 Å². The van der Waals surface area contributed by atoms with E-state index in [0.717, 1.165) is 24.3 Å². The molecule has 0 bridgehead atoms. The number of nitrogens with one attached hydrogen (secondary N) is 1. The van der Waals surface area contributed by atoms with Gasteiger partial charge in [0.05, 0.1) is 16.3 Å². The average Bonchev–Trinajstić information content (AvgIpc) is 3.00. The summed E-state index contributed by atoms with van der Waals surface area (Å²) in [5, 5.41) is 0.0795. The lowest BCUT2D eigenvalue weighted by Crippen LogP contribution is -2.23. The van der Waals surface area contributed by atoms with Gasteiger partial charge in [0.1, 0.15) is 16.7 Å². The highest BCUT2D eigenvalue weighted by Crippen LogP contribution is 2.39. The molecule has 5 nitrogen and oxygen atoms in total. The number of ether oxygens (including phenoxy) is 1. The van der Waals surface area contributed by atoms with Crippen LogP contribution in [0.25, 0.3) is 0 Å². The zero-order valence-electron chi connectivity index (χ0n) is 15.1. The first-order valence-corrected chi connectivity index (χ1v) is 10.7. The predicted octanol–water partition coefficient (Wildman–Crippen LogP) is 4.90. The van der Waals surface area contributed by atoms with E-state index in [2.05, 4.69) is 4.72 Å². The average molecular weight is 469 g/mol. The van der Waals surface area contributed by atoms with E-state index in [9.17, 15) is 21.6 Å². The molecule has 158 valence electrons. The van der Waals surface area contributed by atoms with Crippen LogP contribution in [0, 0.1) is 0 Å². The SMILES string of the molecule is CN1CC[C@@H](Oc2cc(NS(=O)(=O)c3cc(Cl)ccc3Cl)ccc2C(F)(F)F)C1. The van der Waals surface area contributed by atoms with Crippen molar-refractivity contribution in [3.63, 3.8) is 0 Å². The zero-order chi connectivity index (χ0) is 21.4. The molecule has 0 aliphatic carbocycles. The minimum atomic E-state index is -4.65. The number of nitrogens with zero attached hydrogens (tertiary/aromatic N) is 1. The number of hydrogen-bond donors (Lipinski definition) is 1. The molecule has 3 rings (SSSR count). The fourth-order valence-electron chi connectivity index (χ4n) is 2.98. The Balaban J connectivity index is 1.93. The smallest absolute Gasteiger partial charge is 0.419 e. The lowest BCUT2D eigenvalue weighted by Gasteiger charge is -2.19. The Bertz CT molecular complexity index is 1020. The first-order chi connectivity index (χ1) is 13.5. The molecule has 0 aromatic heterocycles. The standard InChI is InChI=1S/C18H17Cl2F3N2O3S/c1-25-7-6-13(10-25)28-16-9-12(3-4-14(16)18(21,22)23)24-29(26,27)17-8-11(19)2-5-15(17)20/h2-5,8-9,13,24H,6-7,10H2,1H3/t13-/m1/s1. The largest absolute Gasteiger partial charge is 0.488 e. The highest BCUT2D eigenvalue weighted by Gasteiger charge is 2.36. The monoisotopic (exact) mass is 468 g/mol. The van der Waals surface area contributed by atoms with Gasteiger partial charge in [-0.2, -0.15) is 13.2 Å². The molecule has 2 aromatic carbocycles. The molecule has 0 saturated carbocycles. The van der Waals surface area contributed by atoms with Crippen LogP contribution in [0.1, 0.15) is 12.0 Å². The van der Waals surface area contributed by atoms with Crippen LogP contribution in [0.2, 0.25) is 10.0 Å². The van der Waals surface area contributed by atoms with Crippen LogP contribution in [0.3, 0.4) is 0 Å². The van der Waals surface area contributed by atoms with Crippen molar-refractivity contribution in [2.45, 2.75) is 23.6 Å². The van der Waals surface area contributed by atoms with Gasteiger partial charge in [0.2, 0.25) is 0 Å². The minimum Gasteiger partial charge on any atom is -0.488 e. The molecule has 1 atom stereocenters. The third-order valence-corrected chi connectivity index (χ3v) is 6.46. The van der Waals surface area contributed by atoms with E-state index in [1.54, 1.807) is 0 Å². The van der Waals surface area contributed by atoms with Crippen molar-refractivity contribution in [1.29, 1.82) is 0 Å². The first kappa shape index (κ1) is 22.0. The van der Waals surface area contributed by atoms with E-state index >= 15 is 0 Å². The number of alkyl halides is 3. The molecule has 0 radical (unpaired) electrons. The van der Waals surface area contributed by atoms with Crippen molar-refractivity contribution in [3.05, 3.63) is 52.0 Å². The van der Waals surface area contributed by atoms with Crippen molar-refractivity contribution in [1.82, 2.24) is 4.90 Å². The molecule has 1 aliphatic heterocycles. The number of benzene rings is 2. The number of likely N-dealkylation sites (N-methyl/N-ethyl adjacent to an activating group) is 1. The van der Waals surface area contributed by atoms with Crippen molar-refractivity contribution in [2.75, 3.05) is 24.9 Å². The second-order valence-corrected chi connectivity index (χ2v) is 9.17. The molecule has 0 amide bonds. The van der Waals surface area contributed by atoms with E-state index in [1.807, 2.05) is 11.9 Å². The van der Waals surface area contributed by atoms with Gasteiger partial charge in [0.15, 0.2) is 0 Å². The Morgan fingerprint density at radius 3 is 2.52 bits per heavy atom.